The smallest absolute Gasteiger partial charge is 0.410 e. The number of hydrogen-bond acceptors (Lipinski definition) is 11. The first-order valence-electron chi connectivity index (χ1n) is 15.0. The lowest BCUT2D eigenvalue weighted by Crippen LogP contribution is -2.33. The van der Waals surface area contributed by atoms with Crippen LogP contribution in [0.2, 0.25) is 0 Å². The summed E-state index contributed by atoms with van der Waals surface area (Å²) in [6, 6.07) is 24.9. The molecule has 0 saturated carbocycles. The summed E-state index contributed by atoms with van der Waals surface area (Å²) in [5.74, 6) is 0. The average Bonchev–Trinajstić information content (AvgIpc) is 3.09. The molecule has 16 heteroatoms. The molecular weight excluding hydrogens is 640 g/mol. The maximum atomic E-state index is 12.2. The Hall–Kier alpha value is -6.29. The topological polar surface area (TPSA) is 214 Å². The number of hydrogen-bond donors (Lipinski definition) is 1. The Balaban J connectivity index is 0.000000271. The second-order valence-electron chi connectivity index (χ2n) is 10.5. The third-order valence-corrected chi connectivity index (χ3v) is 7.08. The van der Waals surface area contributed by atoms with Crippen molar-refractivity contribution in [3.8, 4) is 0 Å². The average molecular weight is 675 g/mol. The fourth-order valence-electron chi connectivity index (χ4n) is 4.43. The molecule has 0 saturated heterocycles. The van der Waals surface area contributed by atoms with Crippen LogP contribution in [0.5, 0.6) is 0 Å². The Morgan fingerprint density at radius 1 is 0.592 bits per heavy atom. The molecule has 256 valence electrons. The van der Waals surface area contributed by atoms with E-state index in [1.54, 1.807) is 55.5 Å². The van der Waals surface area contributed by atoms with Gasteiger partial charge in [-0.2, -0.15) is 0 Å². The van der Waals surface area contributed by atoms with Crippen LogP contribution in [-0.2, 0) is 30.7 Å². The normalized spacial score (nSPS) is 10.3. The number of non-ortho nitro benzene ring substituents is 4. The van der Waals surface area contributed by atoms with Gasteiger partial charge in [0.1, 0.15) is 0 Å². The van der Waals surface area contributed by atoms with Crippen molar-refractivity contribution < 1.29 is 29.2 Å². The van der Waals surface area contributed by atoms with Crippen molar-refractivity contribution in [2.24, 2.45) is 0 Å². The van der Waals surface area contributed by atoms with Crippen LogP contribution >= 0.6 is 0 Å². The van der Waals surface area contributed by atoms with Gasteiger partial charge in [-0.15, -0.1) is 0 Å². The third kappa shape index (κ3) is 12.4. The highest BCUT2D eigenvalue weighted by molar-refractivity contribution is 5.67. The zero-order chi connectivity index (χ0) is 35.8. The summed E-state index contributed by atoms with van der Waals surface area (Å²) in [6.45, 7) is 3.85. The molecule has 1 amide bonds. The maximum absolute atomic E-state index is 12.2. The molecule has 0 radical (unpaired) electrons. The van der Waals surface area contributed by atoms with Gasteiger partial charge in [0.05, 0.1) is 26.3 Å². The van der Waals surface area contributed by atoms with Crippen LogP contribution in [-0.4, -0.2) is 50.4 Å². The highest BCUT2D eigenvalue weighted by atomic mass is 16.6. The zero-order valence-electron chi connectivity index (χ0n) is 26.5. The van der Waals surface area contributed by atoms with Crippen molar-refractivity contribution in [3.63, 3.8) is 0 Å². The third-order valence-electron chi connectivity index (χ3n) is 7.08. The second kappa shape index (κ2) is 18.8. The minimum Gasteiger partial charge on any atom is -0.450 e. The number of nitrogens with zero attached hydrogens (tertiary/aromatic N) is 5. The molecule has 0 aliphatic heterocycles. The molecule has 1 N–H and O–H groups in total. The lowest BCUT2D eigenvalue weighted by atomic mass is 10.1. The van der Waals surface area contributed by atoms with Crippen molar-refractivity contribution >= 4 is 28.8 Å². The summed E-state index contributed by atoms with van der Waals surface area (Å²) < 4.78 is 5.07. The predicted molar refractivity (Wildman–Crippen MR) is 179 cm³/mol. The van der Waals surface area contributed by atoms with Gasteiger partial charge in [0.2, 0.25) is 0 Å². The summed E-state index contributed by atoms with van der Waals surface area (Å²) in [6.07, 6.45) is 0.757. The minimum atomic E-state index is -0.488. The largest absolute Gasteiger partial charge is 0.450 e. The van der Waals surface area contributed by atoms with E-state index in [0.717, 1.165) is 35.2 Å². The number of nitrogens with one attached hydrogen (secondary N) is 1. The number of nitro groups is 4. The van der Waals surface area contributed by atoms with Gasteiger partial charge in [-0.3, -0.25) is 40.5 Å². The van der Waals surface area contributed by atoms with Gasteiger partial charge in [0.15, 0.2) is 0 Å². The van der Waals surface area contributed by atoms with Crippen molar-refractivity contribution in [2.75, 3.05) is 19.7 Å². The summed E-state index contributed by atoms with van der Waals surface area (Å²) in [4.78, 5) is 54.4. The van der Waals surface area contributed by atoms with E-state index in [4.69, 9.17) is 4.74 Å². The number of carbonyl (C=O) groups excluding carboxylic acids is 1. The molecule has 0 fully saturated rings. The highest BCUT2D eigenvalue weighted by Gasteiger charge is 2.16. The van der Waals surface area contributed by atoms with Gasteiger partial charge in [0.25, 0.3) is 22.7 Å². The molecule has 4 aromatic rings. The fourth-order valence-corrected chi connectivity index (χ4v) is 4.43. The summed E-state index contributed by atoms with van der Waals surface area (Å²) in [5.41, 5.74) is 3.71. The van der Waals surface area contributed by atoms with E-state index in [9.17, 15) is 45.3 Å². The fraction of sp³-hybridized carbons (Fsp3) is 0.242. The first-order valence-corrected chi connectivity index (χ1v) is 15.0. The van der Waals surface area contributed by atoms with Crippen LogP contribution in [0.25, 0.3) is 0 Å². The van der Waals surface area contributed by atoms with Crippen molar-refractivity contribution in [1.29, 1.82) is 0 Å². The number of carbonyl (C=O) groups is 1. The molecule has 4 aromatic carbocycles. The Kier molecular flexibility index (Phi) is 14.2. The van der Waals surface area contributed by atoms with Crippen LogP contribution < -0.4 is 5.32 Å². The van der Waals surface area contributed by atoms with Crippen LogP contribution in [0.3, 0.4) is 0 Å². The van der Waals surface area contributed by atoms with Crippen LogP contribution in [0.1, 0.15) is 29.2 Å². The van der Waals surface area contributed by atoms with Gasteiger partial charge in [0, 0.05) is 68.2 Å². The number of rotatable bonds is 15. The number of nitro benzene ring substituents is 4. The zero-order valence-corrected chi connectivity index (χ0v) is 26.5. The minimum absolute atomic E-state index is 0.00637. The predicted octanol–water partition coefficient (Wildman–Crippen LogP) is 6.54. The number of amides is 1. The van der Waals surface area contributed by atoms with Gasteiger partial charge >= 0.3 is 6.09 Å². The molecule has 4 rings (SSSR count). The molecule has 0 aliphatic carbocycles. The van der Waals surface area contributed by atoms with E-state index in [1.807, 2.05) is 0 Å². The van der Waals surface area contributed by atoms with Crippen LogP contribution in [0.15, 0.2) is 97.1 Å². The molecule has 49 heavy (non-hydrogen) atoms. The second-order valence-corrected chi connectivity index (χ2v) is 10.5. The van der Waals surface area contributed by atoms with Gasteiger partial charge < -0.3 is 15.0 Å². The molecule has 0 aromatic heterocycles. The molecule has 0 aliphatic rings. The Morgan fingerprint density at radius 3 is 1.35 bits per heavy atom. The SMILES string of the molecule is CCOC(=O)N(CCc1ccc([N+](=O)[O-])cc1)Cc1ccc([N+](=O)[O-])cc1.O=[N+]([O-])c1ccc(CCNCc2ccc([N+](=O)[O-])cc2)cc1. The number of benzene rings is 4. The van der Waals surface area contributed by atoms with Crippen LogP contribution in [0, 0.1) is 40.5 Å². The molecule has 16 nitrogen and oxygen atoms in total. The number of ether oxygens (including phenoxy) is 1. The van der Waals surface area contributed by atoms with Gasteiger partial charge in [-0.1, -0.05) is 48.5 Å². The van der Waals surface area contributed by atoms with Gasteiger partial charge in [-0.05, 0) is 48.6 Å². The quantitative estimate of drug-likeness (QED) is 0.0811. The molecule has 0 heterocycles. The van der Waals surface area contributed by atoms with Crippen molar-refractivity contribution in [2.45, 2.75) is 32.9 Å². The molecule has 0 unspecified atom stereocenters. The summed E-state index contributed by atoms with van der Waals surface area (Å²) in [5, 5.41) is 45.8. The molecule has 0 bridgehead atoms. The van der Waals surface area contributed by atoms with Crippen molar-refractivity contribution in [3.05, 3.63) is 160 Å². The van der Waals surface area contributed by atoms with Crippen LogP contribution in [0.4, 0.5) is 27.5 Å². The monoisotopic (exact) mass is 674 g/mol. The maximum Gasteiger partial charge on any atom is 0.410 e. The van der Waals surface area contributed by atoms with E-state index in [0.29, 0.717) is 19.5 Å². The Morgan fingerprint density at radius 2 is 0.959 bits per heavy atom. The highest BCUT2D eigenvalue weighted by Crippen LogP contribution is 2.17. The standard InChI is InChI=1S/C18H19N3O6.C15H15N3O4/c1-2-27-18(22)19(13-15-5-9-17(10-6-15)21(25)26)12-11-14-3-7-16(8-4-14)20(23)24;19-17(20)14-5-1-12(2-6-14)9-10-16-11-13-3-7-15(8-4-13)18(21)22/h3-10H,2,11-13H2,1H3;1-8,16H,9-11H2. The Labute approximate surface area is 280 Å². The lowest BCUT2D eigenvalue weighted by Gasteiger charge is -2.22. The molecule has 0 spiro atoms. The van der Waals surface area contributed by atoms with Crippen molar-refractivity contribution in [1.82, 2.24) is 10.2 Å². The van der Waals surface area contributed by atoms with E-state index in [-0.39, 0.29) is 35.9 Å². The van der Waals surface area contributed by atoms with Gasteiger partial charge in [-0.25, -0.2) is 4.79 Å². The Bertz CT molecular complexity index is 1660. The molecule has 0 atom stereocenters. The van der Waals surface area contributed by atoms with E-state index in [1.165, 1.54) is 53.4 Å². The molecular formula is C33H34N6O10. The lowest BCUT2D eigenvalue weighted by molar-refractivity contribution is -0.385. The van der Waals surface area contributed by atoms with E-state index >= 15 is 0 Å². The first-order chi connectivity index (χ1) is 23.5. The summed E-state index contributed by atoms with van der Waals surface area (Å²) in [7, 11) is 0. The first kappa shape index (κ1) is 37.2. The van der Waals surface area contributed by atoms with E-state index in [2.05, 4.69) is 5.32 Å². The summed E-state index contributed by atoms with van der Waals surface area (Å²) >= 11 is 0. The van der Waals surface area contributed by atoms with E-state index < -0.39 is 25.8 Å².